The standard InChI is InChI=1S/C13H12N4O2/c1-8-12(15)16-7-17-13(8)19-11-4-9(6-14)3-10(5-11)18-2/h3-5,7H,1-2H3,(H2,15,16,17). The molecule has 1 aromatic heterocycles. The van der Waals surface area contributed by atoms with Crippen LogP contribution in [0.1, 0.15) is 11.1 Å². The summed E-state index contributed by atoms with van der Waals surface area (Å²) < 4.78 is 10.7. The molecule has 1 aromatic carbocycles. The second-order valence-electron chi connectivity index (χ2n) is 3.80. The van der Waals surface area contributed by atoms with Gasteiger partial charge in [-0.05, 0) is 19.1 Å². The maximum atomic E-state index is 8.94. The summed E-state index contributed by atoms with van der Waals surface area (Å²) in [7, 11) is 1.52. The lowest BCUT2D eigenvalue weighted by molar-refractivity contribution is 0.406. The van der Waals surface area contributed by atoms with E-state index in [1.54, 1.807) is 25.1 Å². The minimum Gasteiger partial charge on any atom is -0.497 e. The average molecular weight is 256 g/mol. The molecule has 0 spiro atoms. The van der Waals surface area contributed by atoms with Crippen molar-refractivity contribution in [1.82, 2.24) is 9.97 Å². The van der Waals surface area contributed by atoms with Gasteiger partial charge < -0.3 is 15.2 Å². The number of hydrogen-bond donors (Lipinski definition) is 1. The maximum Gasteiger partial charge on any atom is 0.227 e. The molecule has 0 atom stereocenters. The topological polar surface area (TPSA) is 94.0 Å². The van der Waals surface area contributed by atoms with Crippen LogP contribution in [-0.2, 0) is 0 Å². The average Bonchev–Trinajstić information content (AvgIpc) is 2.43. The van der Waals surface area contributed by atoms with Gasteiger partial charge in [-0.15, -0.1) is 0 Å². The fourth-order valence-electron chi connectivity index (χ4n) is 1.47. The van der Waals surface area contributed by atoms with Crippen LogP contribution in [0.5, 0.6) is 17.4 Å². The number of aromatic nitrogens is 2. The van der Waals surface area contributed by atoms with Crippen molar-refractivity contribution in [2.24, 2.45) is 0 Å². The molecule has 2 aromatic rings. The number of nitriles is 1. The molecule has 0 bridgehead atoms. The second-order valence-corrected chi connectivity index (χ2v) is 3.80. The SMILES string of the molecule is COc1cc(C#N)cc(Oc2ncnc(N)c2C)c1. The van der Waals surface area contributed by atoms with Crippen molar-refractivity contribution < 1.29 is 9.47 Å². The molecule has 2 N–H and O–H groups in total. The maximum absolute atomic E-state index is 8.94. The van der Waals surface area contributed by atoms with Crippen molar-refractivity contribution >= 4 is 5.82 Å². The minimum absolute atomic E-state index is 0.352. The van der Waals surface area contributed by atoms with Crippen LogP contribution in [0.25, 0.3) is 0 Å². The first kappa shape index (κ1) is 12.6. The summed E-state index contributed by atoms with van der Waals surface area (Å²) in [4.78, 5) is 7.87. The Labute approximate surface area is 110 Å². The number of methoxy groups -OCH3 is 1. The lowest BCUT2D eigenvalue weighted by Gasteiger charge is -2.09. The van der Waals surface area contributed by atoms with Crippen LogP contribution in [0, 0.1) is 18.3 Å². The van der Waals surface area contributed by atoms with Gasteiger partial charge in [-0.2, -0.15) is 5.26 Å². The first-order valence-corrected chi connectivity index (χ1v) is 5.48. The number of nitrogens with two attached hydrogens (primary N) is 1. The van der Waals surface area contributed by atoms with Crippen LogP contribution >= 0.6 is 0 Å². The Kier molecular flexibility index (Phi) is 3.48. The van der Waals surface area contributed by atoms with Gasteiger partial charge >= 0.3 is 0 Å². The first-order chi connectivity index (χ1) is 9.13. The number of hydrogen-bond acceptors (Lipinski definition) is 6. The highest BCUT2D eigenvalue weighted by molar-refractivity contribution is 5.48. The second kappa shape index (κ2) is 5.23. The largest absolute Gasteiger partial charge is 0.497 e. The molecule has 1 heterocycles. The summed E-state index contributed by atoms with van der Waals surface area (Å²) in [6.45, 7) is 1.76. The van der Waals surface area contributed by atoms with Crippen molar-refractivity contribution in [1.29, 1.82) is 5.26 Å². The van der Waals surface area contributed by atoms with Gasteiger partial charge in [0, 0.05) is 6.07 Å². The molecule has 0 fully saturated rings. The van der Waals surface area contributed by atoms with E-state index in [0.717, 1.165) is 0 Å². The van der Waals surface area contributed by atoms with Crippen LogP contribution < -0.4 is 15.2 Å². The number of benzene rings is 1. The molecule has 96 valence electrons. The van der Waals surface area contributed by atoms with Crippen LogP contribution in [-0.4, -0.2) is 17.1 Å². The third-order valence-electron chi connectivity index (χ3n) is 2.54. The third kappa shape index (κ3) is 2.72. The molecule has 0 saturated heterocycles. The van der Waals surface area contributed by atoms with E-state index in [-0.39, 0.29) is 0 Å². The summed E-state index contributed by atoms with van der Waals surface area (Å²) in [5.41, 5.74) is 6.76. The molecular formula is C13H12N4O2. The van der Waals surface area contributed by atoms with Gasteiger partial charge in [0.15, 0.2) is 0 Å². The minimum atomic E-state index is 0.352. The molecule has 2 rings (SSSR count). The highest BCUT2D eigenvalue weighted by atomic mass is 16.5. The molecule has 0 aliphatic carbocycles. The Morgan fingerprint density at radius 3 is 2.63 bits per heavy atom. The number of ether oxygens (including phenoxy) is 2. The van der Waals surface area contributed by atoms with Crippen LogP contribution in [0.4, 0.5) is 5.82 Å². The lowest BCUT2D eigenvalue weighted by atomic mass is 10.2. The summed E-state index contributed by atoms with van der Waals surface area (Å²) in [5, 5.41) is 8.94. The van der Waals surface area contributed by atoms with E-state index >= 15 is 0 Å². The van der Waals surface area contributed by atoms with Gasteiger partial charge in [-0.1, -0.05) is 0 Å². The van der Waals surface area contributed by atoms with Gasteiger partial charge in [-0.3, -0.25) is 0 Å². The van der Waals surface area contributed by atoms with Gasteiger partial charge in [0.1, 0.15) is 23.6 Å². The molecule has 6 heteroatoms. The van der Waals surface area contributed by atoms with Gasteiger partial charge in [-0.25, -0.2) is 9.97 Å². The number of anilines is 1. The Bertz CT molecular complexity index is 650. The Hall–Kier alpha value is -2.81. The van der Waals surface area contributed by atoms with E-state index in [9.17, 15) is 0 Å². The zero-order chi connectivity index (χ0) is 13.8. The smallest absolute Gasteiger partial charge is 0.227 e. The highest BCUT2D eigenvalue weighted by Crippen LogP contribution is 2.28. The van der Waals surface area contributed by atoms with Crippen LogP contribution in [0.15, 0.2) is 24.5 Å². The van der Waals surface area contributed by atoms with Crippen molar-refractivity contribution in [3.8, 4) is 23.4 Å². The molecule has 0 aliphatic heterocycles. The van der Waals surface area contributed by atoms with Crippen LogP contribution in [0.3, 0.4) is 0 Å². The molecule has 0 aliphatic rings. The Morgan fingerprint density at radius 1 is 1.21 bits per heavy atom. The molecule has 0 amide bonds. The van der Waals surface area contributed by atoms with Crippen molar-refractivity contribution in [2.75, 3.05) is 12.8 Å². The zero-order valence-electron chi connectivity index (χ0n) is 10.5. The van der Waals surface area contributed by atoms with E-state index in [4.69, 9.17) is 20.5 Å². The number of rotatable bonds is 3. The van der Waals surface area contributed by atoms with E-state index < -0.39 is 0 Å². The molecular weight excluding hydrogens is 244 g/mol. The molecule has 0 unspecified atom stereocenters. The first-order valence-electron chi connectivity index (χ1n) is 5.48. The Balaban J connectivity index is 2.38. The molecule has 0 radical (unpaired) electrons. The Morgan fingerprint density at radius 2 is 1.95 bits per heavy atom. The lowest BCUT2D eigenvalue weighted by Crippen LogP contribution is -1.99. The predicted molar refractivity (Wildman–Crippen MR) is 69.0 cm³/mol. The summed E-state index contributed by atoms with van der Waals surface area (Å²) in [6.07, 6.45) is 1.32. The van der Waals surface area contributed by atoms with Gasteiger partial charge in [0.25, 0.3) is 0 Å². The van der Waals surface area contributed by atoms with Gasteiger partial charge in [0.2, 0.25) is 5.88 Å². The predicted octanol–water partition coefficient (Wildman–Crippen LogP) is 2.04. The number of nitrogens with zero attached hydrogens (tertiary/aromatic N) is 3. The summed E-state index contributed by atoms with van der Waals surface area (Å²) >= 11 is 0. The van der Waals surface area contributed by atoms with E-state index in [1.807, 2.05) is 6.07 Å². The van der Waals surface area contributed by atoms with Crippen molar-refractivity contribution in [2.45, 2.75) is 6.92 Å². The van der Waals surface area contributed by atoms with Crippen molar-refractivity contribution in [3.05, 3.63) is 35.7 Å². The van der Waals surface area contributed by atoms with E-state index in [0.29, 0.717) is 34.3 Å². The van der Waals surface area contributed by atoms with Gasteiger partial charge in [0.05, 0.1) is 24.3 Å². The van der Waals surface area contributed by atoms with Crippen molar-refractivity contribution in [3.63, 3.8) is 0 Å². The van der Waals surface area contributed by atoms with Crippen LogP contribution in [0.2, 0.25) is 0 Å². The number of nitrogen functional groups attached to an aromatic ring is 1. The van der Waals surface area contributed by atoms with E-state index in [1.165, 1.54) is 13.4 Å². The quantitative estimate of drug-likeness (QED) is 0.903. The normalized spacial score (nSPS) is 9.74. The fourth-order valence-corrected chi connectivity index (χ4v) is 1.47. The monoisotopic (exact) mass is 256 g/mol. The third-order valence-corrected chi connectivity index (χ3v) is 2.54. The fraction of sp³-hybridized carbons (Fsp3) is 0.154. The highest BCUT2D eigenvalue weighted by Gasteiger charge is 2.08. The molecule has 0 saturated carbocycles. The van der Waals surface area contributed by atoms with E-state index in [2.05, 4.69) is 9.97 Å². The zero-order valence-corrected chi connectivity index (χ0v) is 10.5. The summed E-state index contributed by atoms with van der Waals surface area (Å²) in [5.74, 6) is 1.70. The summed E-state index contributed by atoms with van der Waals surface area (Å²) in [6, 6.07) is 6.92. The molecule has 6 nitrogen and oxygen atoms in total. The molecule has 19 heavy (non-hydrogen) atoms.